The molecule has 3 heterocycles. The van der Waals surface area contributed by atoms with Crippen molar-refractivity contribution in [1.29, 1.82) is 0 Å². The van der Waals surface area contributed by atoms with E-state index < -0.39 is 10.8 Å². The van der Waals surface area contributed by atoms with Crippen LogP contribution >= 0.6 is 0 Å². The Morgan fingerprint density at radius 3 is 3.00 bits per heavy atom. The fourth-order valence-electron chi connectivity index (χ4n) is 6.33. The molecule has 0 unspecified atom stereocenters. The topological polar surface area (TPSA) is 62.1 Å². The van der Waals surface area contributed by atoms with Crippen molar-refractivity contribution in [2.45, 2.75) is 31.2 Å². The molecule has 5 rings (SSSR count). The normalized spacial score (nSPS) is 38.7. The van der Waals surface area contributed by atoms with Gasteiger partial charge in [-0.1, -0.05) is 29.8 Å². The molecule has 1 aromatic carbocycles. The van der Waals surface area contributed by atoms with Gasteiger partial charge in [0.25, 0.3) is 0 Å². The molecule has 1 aliphatic carbocycles. The second kappa shape index (κ2) is 5.27. The van der Waals surface area contributed by atoms with Crippen LogP contribution in [-0.4, -0.2) is 54.5 Å². The first-order chi connectivity index (χ1) is 12.6. The molecule has 1 aromatic rings. The number of aliphatic hydroxyl groups excluding tert-OH is 1. The molecule has 26 heavy (non-hydrogen) atoms. The van der Waals surface area contributed by atoms with E-state index in [1.54, 1.807) is 0 Å². The Kier molecular flexibility index (Phi) is 3.29. The van der Waals surface area contributed by atoms with E-state index in [4.69, 9.17) is 9.73 Å². The molecule has 4 atom stereocenters. The minimum Gasteiger partial charge on any atom is -0.468 e. The van der Waals surface area contributed by atoms with Crippen LogP contribution in [0.2, 0.25) is 0 Å². The lowest BCUT2D eigenvalue weighted by Crippen LogP contribution is -2.74. The highest BCUT2D eigenvalue weighted by Crippen LogP contribution is 2.65. The molecule has 1 N–H and O–H groups in total. The number of benzene rings is 1. The summed E-state index contributed by atoms with van der Waals surface area (Å²) in [5.41, 5.74) is 2.77. The molecule has 0 spiro atoms. The summed E-state index contributed by atoms with van der Waals surface area (Å²) in [4.78, 5) is 20.8. The second-order valence-electron chi connectivity index (χ2n) is 7.93. The number of ether oxygens (including phenoxy) is 1. The summed E-state index contributed by atoms with van der Waals surface area (Å²) in [5, 5.41) is 10.8. The molecule has 0 aromatic heterocycles. The first-order valence-corrected chi connectivity index (χ1v) is 9.41. The predicted octanol–water partition coefficient (Wildman–Crippen LogP) is 2.22. The van der Waals surface area contributed by atoms with E-state index in [2.05, 4.69) is 17.0 Å². The van der Waals surface area contributed by atoms with Crippen LogP contribution in [0.5, 0.6) is 0 Å². The maximum atomic E-state index is 13.3. The van der Waals surface area contributed by atoms with Gasteiger partial charge >= 0.3 is 5.97 Å². The van der Waals surface area contributed by atoms with Crippen molar-refractivity contribution in [3.63, 3.8) is 0 Å². The van der Waals surface area contributed by atoms with Crippen molar-refractivity contribution in [3.05, 3.63) is 41.5 Å². The molecule has 5 heteroatoms. The number of fused-ring (bicyclic) bond motifs is 2. The number of hydrogen-bond donors (Lipinski definition) is 1. The van der Waals surface area contributed by atoms with Crippen LogP contribution in [-0.2, 0) is 14.9 Å². The number of piperidine rings is 2. The first-order valence-electron chi connectivity index (χ1n) is 9.41. The van der Waals surface area contributed by atoms with Crippen molar-refractivity contribution in [3.8, 4) is 0 Å². The largest absolute Gasteiger partial charge is 0.468 e. The van der Waals surface area contributed by atoms with Gasteiger partial charge < -0.3 is 9.84 Å². The number of aliphatic imine (C=N–C) groups is 1. The molecule has 3 aliphatic heterocycles. The number of carbonyl (C=O) groups excluding carboxylic acids is 1. The number of methoxy groups -OCH3 is 1. The van der Waals surface area contributed by atoms with Crippen LogP contribution in [0.1, 0.15) is 25.3 Å². The van der Waals surface area contributed by atoms with Gasteiger partial charge in [0.2, 0.25) is 0 Å². The Labute approximate surface area is 153 Å². The third-order valence-corrected chi connectivity index (χ3v) is 7.39. The van der Waals surface area contributed by atoms with Gasteiger partial charge in [-0.25, -0.2) is 0 Å². The Morgan fingerprint density at radius 1 is 1.46 bits per heavy atom. The smallest absolute Gasteiger partial charge is 0.316 e. The zero-order chi connectivity index (χ0) is 18.1. The lowest BCUT2D eigenvalue weighted by molar-refractivity contribution is -0.170. The number of para-hydroxylation sites is 1. The Hall–Kier alpha value is -1.98. The second-order valence-corrected chi connectivity index (χ2v) is 7.93. The Bertz CT molecular complexity index is 861. The summed E-state index contributed by atoms with van der Waals surface area (Å²) < 4.78 is 5.34. The van der Waals surface area contributed by atoms with Crippen molar-refractivity contribution < 1.29 is 14.6 Å². The molecule has 2 saturated heterocycles. The summed E-state index contributed by atoms with van der Waals surface area (Å²) >= 11 is 0. The molecule has 5 nitrogen and oxygen atoms in total. The van der Waals surface area contributed by atoms with Crippen LogP contribution in [0.15, 0.2) is 40.9 Å². The van der Waals surface area contributed by atoms with Gasteiger partial charge in [-0.15, -0.1) is 0 Å². The van der Waals surface area contributed by atoms with Crippen LogP contribution < -0.4 is 0 Å². The van der Waals surface area contributed by atoms with E-state index in [-0.39, 0.29) is 24.5 Å². The molecular formula is C21H24N2O3. The Balaban J connectivity index is 1.87. The highest BCUT2D eigenvalue weighted by molar-refractivity contribution is 6.11. The van der Waals surface area contributed by atoms with E-state index in [9.17, 15) is 9.90 Å². The fourth-order valence-corrected chi connectivity index (χ4v) is 6.33. The number of nitrogens with zero attached hydrogens (tertiary/aromatic N) is 2. The van der Waals surface area contributed by atoms with Gasteiger partial charge in [-0.3, -0.25) is 14.7 Å². The summed E-state index contributed by atoms with van der Waals surface area (Å²) in [7, 11) is 1.44. The summed E-state index contributed by atoms with van der Waals surface area (Å²) in [6.07, 6.45) is 3.75. The quantitative estimate of drug-likeness (QED) is 0.655. The molecule has 136 valence electrons. The molecule has 3 fully saturated rings. The van der Waals surface area contributed by atoms with Gasteiger partial charge in [0.1, 0.15) is 5.41 Å². The van der Waals surface area contributed by atoms with Crippen LogP contribution in [0.3, 0.4) is 0 Å². The number of hydrogen-bond acceptors (Lipinski definition) is 5. The van der Waals surface area contributed by atoms with E-state index in [0.717, 1.165) is 42.9 Å². The van der Waals surface area contributed by atoms with Crippen molar-refractivity contribution in [2.24, 2.45) is 16.3 Å². The Morgan fingerprint density at radius 2 is 2.27 bits per heavy atom. The molecule has 0 radical (unpaired) electrons. The van der Waals surface area contributed by atoms with Crippen LogP contribution in [0.25, 0.3) is 0 Å². The highest BCUT2D eigenvalue weighted by Gasteiger charge is 2.73. The SMILES string of the molecule is CC=C1CN2CC[C@@]34C(=Nc5ccccc53)[C@H]2C[C@H]1[C@]4(CO)C(=O)OC. The predicted molar refractivity (Wildman–Crippen MR) is 98.6 cm³/mol. The number of esters is 1. The van der Waals surface area contributed by atoms with Crippen molar-refractivity contribution in [1.82, 2.24) is 4.90 Å². The van der Waals surface area contributed by atoms with Gasteiger partial charge in [0.15, 0.2) is 0 Å². The summed E-state index contributed by atoms with van der Waals surface area (Å²) in [6, 6.07) is 8.36. The number of aliphatic hydroxyl groups is 1. The van der Waals surface area contributed by atoms with Gasteiger partial charge in [-0.2, -0.15) is 0 Å². The molecule has 4 aliphatic rings. The summed E-state index contributed by atoms with van der Waals surface area (Å²) in [6.45, 7) is 3.56. The minimum atomic E-state index is -1.00. The van der Waals surface area contributed by atoms with Gasteiger partial charge in [0.05, 0.1) is 30.9 Å². The third kappa shape index (κ3) is 1.56. The van der Waals surface area contributed by atoms with Crippen LogP contribution in [0.4, 0.5) is 5.69 Å². The molecule has 3 bridgehead atoms. The van der Waals surface area contributed by atoms with Gasteiger partial charge in [0, 0.05) is 24.7 Å². The van der Waals surface area contributed by atoms with E-state index in [0.29, 0.717) is 0 Å². The zero-order valence-electron chi connectivity index (χ0n) is 15.2. The highest BCUT2D eigenvalue weighted by atomic mass is 16.5. The lowest BCUT2D eigenvalue weighted by Gasteiger charge is -2.64. The maximum Gasteiger partial charge on any atom is 0.316 e. The number of carbonyl (C=O) groups is 1. The standard InChI is InChI=1S/C21H24N2O3/c1-3-13-11-23-9-8-20-14-6-4-5-7-16(14)22-18(20)17(23)10-15(13)21(20,12-24)19(25)26-2/h3-7,15,17,24H,8-12H2,1-2H3/t15-,17-,20+,21-/m1/s1. The minimum absolute atomic E-state index is 0.0170. The molecule has 0 amide bonds. The average Bonchev–Trinajstić information content (AvgIpc) is 3.04. The number of allylic oxidation sites excluding steroid dienone is 1. The monoisotopic (exact) mass is 352 g/mol. The van der Waals surface area contributed by atoms with E-state index in [1.807, 2.05) is 25.1 Å². The van der Waals surface area contributed by atoms with Gasteiger partial charge in [-0.05, 0) is 31.4 Å². The van der Waals surface area contributed by atoms with Crippen molar-refractivity contribution in [2.75, 3.05) is 26.8 Å². The molecule has 1 saturated carbocycles. The first kappa shape index (κ1) is 16.2. The van der Waals surface area contributed by atoms with Crippen molar-refractivity contribution >= 4 is 17.4 Å². The fraction of sp³-hybridized carbons (Fsp3) is 0.524. The van der Waals surface area contributed by atoms with E-state index in [1.165, 1.54) is 12.7 Å². The zero-order valence-corrected chi connectivity index (χ0v) is 15.2. The summed E-state index contributed by atoms with van der Waals surface area (Å²) in [5.74, 6) is -0.320. The van der Waals surface area contributed by atoms with E-state index >= 15 is 0 Å². The maximum absolute atomic E-state index is 13.3. The lowest BCUT2D eigenvalue weighted by atomic mass is 9.43. The number of rotatable bonds is 2. The third-order valence-electron chi connectivity index (χ3n) is 7.39. The van der Waals surface area contributed by atoms with Crippen LogP contribution in [0, 0.1) is 11.3 Å². The molecular weight excluding hydrogens is 328 g/mol. The average molecular weight is 352 g/mol.